The van der Waals surface area contributed by atoms with Crippen LogP contribution >= 0.6 is 12.4 Å². The van der Waals surface area contributed by atoms with Gasteiger partial charge in [-0.05, 0) is 35.4 Å². The molecule has 0 fully saturated rings. The van der Waals surface area contributed by atoms with Gasteiger partial charge in [-0.25, -0.2) is 0 Å². The van der Waals surface area contributed by atoms with Crippen molar-refractivity contribution in [3.05, 3.63) is 42.5 Å². The first kappa shape index (κ1) is 12.2. The molecule has 0 bridgehead atoms. The van der Waals surface area contributed by atoms with Gasteiger partial charge in [0.25, 0.3) is 0 Å². The Kier molecular flexibility index (Phi) is 3.64. The molecule has 0 atom stereocenters. The monoisotopic (exact) mass is 235 g/mol. The summed E-state index contributed by atoms with van der Waals surface area (Å²) in [5.41, 5.74) is 21.1. The Hall–Kier alpha value is -1.87. The summed E-state index contributed by atoms with van der Waals surface area (Å²) in [6.45, 7) is 0. The van der Waals surface area contributed by atoms with Crippen LogP contribution in [0, 0.1) is 0 Å². The number of nitrogens with two attached hydrogens (primary N) is 3. The molecular formula is C12H14ClN3. The van der Waals surface area contributed by atoms with E-state index in [-0.39, 0.29) is 12.4 Å². The Morgan fingerprint density at radius 2 is 1.19 bits per heavy atom. The third kappa shape index (κ3) is 2.38. The predicted octanol–water partition coefficient (Wildman–Crippen LogP) is 2.52. The molecule has 3 nitrogen and oxygen atoms in total. The van der Waals surface area contributed by atoms with Crippen LogP contribution in [0.1, 0.15) is 0 Å². The van der Waals surface area contributed by atoms with Crippen molar-refractivity contribution < 1.29 is 0 Å². The number of hydrogen-bond acceptors (Lipinski definition) is 3. The highest BCUT2D eigenvalue weighted by molar-refractivity contribution is 5.85. The molecule has 0 aliphatic carbocycles. The van der Waals surface area contributed by atoms with Gasteiger partial charge in [-0.1, -0.05) is 18.2 Å². The number of anilines is 3. The molecule has 4 heteroatoms. The summed E-state index contributed by atoms with van der Waals surface area (Å²) in [4.78, 5) is 0. The van der Waals surface area contributed by atoms with Gasteiger partial charge in [0.15, 0.2) is 0 Å². The molecule has 2 rings (SSSR count). The van der Waals surface area contributed by atoms with Crippen molar-refractivity contribution in [2.24, 2.45) is 0 Å². The van der Waals surface area contributed by atoms with Crippen LogP contribution in [0.5, 0.6) is 0 Å². The molecule has 0 aliphatic rings. The molecule has 84 valence electrons. The van der Waals surface area contributed by atoms with Crippen LogP contribution in [-0.4, -0.2) is 0 Å². The van der Waals surface area contributed by atoms with Gasteiger partial charge in [0.05, 0.1) is 11.4 Å². The second-order valence-electron chi connectivity index (χ2n) is 3.47. The summed E-state index contributed by atoms with van der Waals surface area (Å²) in [5, 5.41) is 0. The van der Waals surface area contributed by atoms with Crippen molar-refractivity contribution in [1.82, 2.24) is 0 Å². The lowest BCUT2D eigenvalue weighted by atomic mass is 10.0. The molecule has 6 N–H and O–H groups in total. The zero-order chi connectivity index (χ0) is 10.8. The Bertz CT molecular complexity index is 480. The second-order valence-corrected chi connectivity index (χ2v) is 3.47. The van der Waals surface area contributed by atoms with Crippen molar-refractivity contribution in [3.63, 3.8) is 0 Å². The van der Waals surface area contributed by atoms with Crippen molar-refractivity contribution in [2.45, 2.75) is 0 Å². The van der Waals surface area contributed by atoms with Crippen LogP contribution in [0.3, 0.4) is 0 Å². The van der Waals surface area contributed by atoms with Crippen LogP contribution in [0.15, 0.2) is 42.5 Å². The minimum Gasteiger partial charge on any atom is -0.399 e. The summed E-state index contributed by atoms with van der Waals surface area (Å²) >= 11 is 0. The van der Waals surface area contributed by atoms with Crippen LogP contribution in [0.4, 0.5) is 17.1 Å². The fourth-order valence-corrected chi connectivity index (χ4v) is 1.43. The maximum atomic E-state index is 5.74. The number of halogens is 1. The maximum Gasteiger partial charge on any atom is 0.0554 e. The fraction of sp³-hybridized carbons (Fsp3) is 0. The van der Waals surface area contributed by atoms with Gasteiger partial charge in [0.1, 0.15) is 0 Å². The molecule has 0 unspecified atom stereocenters. The van der Waals surface area contributed by atoms with Crippen LogP contribution in [0.25, 0.3) is 11.1 Å². The van der Waals surface area contributed by atoms with Gasteiger partial charge in [-0.2, -0.15) is 0 Å². The minimum atomic E-state index is 0. The van der Waals surface area contributed by atoms with E-state index in [2.05, 4.69) is 0 Å². The predicted molar refractivity (Wildman–Crippen MR) is 72.4 cm³/mol. The zero-order valence-electron chi connectivity index (χ0n) is 8.68. The molecule has 0 saturated carbocycles. The molecule has 0 amide bonds. The molecular weight excluding hydrogens is 222 g/mol. The highest BCUT2D eigenvalue weighted by atomic mass is 35.5. The molecule has 16 heavy (non-hydrogen) atoms. The highest BCUT2D eigenvalue weighted by Gasteiger charge is 1.99. The number of benzene rings is 2. The first-order chi connectivity index (χ1) is 7.16. The van der Waals surface area contributed by atoms with E-state index in [9.17, 15) is 0 Å². The molecule has 0 aliphatic heterocycles. The fourth-order valence-electron chi connectivity index (χ4n) is 1.43. The average Bonchev–Trinajstić information content (AvgIpc) is 2.23. The molecule has 0 radical (unpaired) electrons. The highest BCUT2D eigenvalue weighted by Crippen LogP contribution is 2.25. The quantitative estimate of drug-likeness (QED) is 0.665. The van der Waals surface area contributed by atoms with Gasteiger partial charge in [-0.3, -0.25) is 0 Å². The summed E-state index contributed by atoms with van der Waals surface area (Å²) in [6, 6.07) is 13.3. The Morgan fingerprint density at radius 3 is 1.75 bits per heavy atom. The van der Waals surface area contributed by atoms with E-state index >= 15 is 0 Å². The number of hydrogen-bond donors (Lipinski definition) is 3. The summed E-state index contributed by atoms with van der Waals surface area (Å²) in [5.74, 6) is 0. The number of rotatable bonds is 1. The van der Waals surface area contributed by atoms with Gasteiger partial charge < -0.3 is 17.2 Å². The van der Waals surface area contributed by atoms with Gasteiger partial charge in [0, 0.05) is 5.69 Å². The molecule has 0 spiro atoms. The van der Waals surface area contributed by atoms with E-state index in [1.807, 2.05) is 36.4 Å². The third-order valence-corrected chi connectivity index (χ3v) is 2.33. The smallest absolute Gasteiger partial charge is 0.0554 e. The normalized spacial score (nSPS) is 9.50. The van der Waals surface area contributed by atoms with Crippen LogP contribution < -0.4 is 17.2 Å². The zero-order valence-corrected chi connectivity index (χ0v) is 9.50. The van der Waals surface area contributed by atoms with E-state index in [0.29, 0.717) is 11.4 Å². The Morgan fingerprint density at radius 1 is 0.625 bits per heavy atom. The molecule has 0 heterocycles. The molecule has 2 aromatic carbocycles. The summed E-state index contributed by atoms with van der Waals surface area (Å²) in [6.07, 6.45) is 0. The molecule has 0 aromatic heterocycles. The third-order valence-electron chi connectivity index (χ3n) is 2.33. The first-order valence-electron chi connectivity index (χ1n) is 4.68. The minimum absolute atomic E-state index is 0. The largest absolute Gasteiger partial charge is 0.399 e. The maximum absolute atomic E-state index is 5.74. The first-order valence-corrected chi connectivity index (χ1v) is 4.68. The SMILES string of the molecule is Cl.Nc1ccc(-c2ccc(N)c(N)c2)cc1. The lowest BCUT2D eigenvalue weighted by Crippen LogP contribution is -1.94. The van der Waals surface area contributed by atoms with E-state index in [1.54, 1.807) is 6.07 Å². The summed E-state index contributed by atoms with van der Waals surface area (Å²) < 4.78 is 0. The second kappa shape index (κ2) is 4.77. The van der Waals surface area contributed by atoms with Gasteiger partial charge in [0.2, 0.25) is 0 Å². The standard InChI is InChI=1S/C12H13N3.ClH/c13-10-4-1-8(2-5-10)9-3-6-11(14)12(15)7-9;/h1-7H,13-15H2;1H. The van der Waals surface area contributed by atoms with Crippen molar-refractivity contribution in [2.75, 3.05) is 17.2 Å². The van der Waals surface area contributed by atoms with Crippen molar-refractivity contribution in [3.8, 4) is 11.1 Å². The van der Waals surface area contributed by atoms with Crippen LogP contribution in [-0.2, 0) is 0 Å². The topological polar surface area (TPSA) is 78.1 Å². The molecule has 0 saturated heterocycles. The Balaban J connectivity index is 0.00000128. The Labute approximate surface area is 101 Å². The van der Waals surface area contributed by atoms with Crippen molar-refractivity contribution in [1.29, 1.82) is 0 Å². The molecule has 2 aromatic rings. The lowest BCUT2D eigenvalue weighted by Gasteiger charge is -2.05. The average molecular weight is 236 g/mol. The van der Waals surface area contributed by atoms with Gasteiger partial charge >= 0.3 is 0 Å². The summed E-state index contributed by atoms with van der Waals surface area (Å²) in [7, 11) is 0. The van der Waals surface area contributed by atoms with E-state index in [1.165, 1.54) is 0 Å². The lowest BCUT2D eigenvalue weighted by molar-refractivity contribution is 1.60. The van der Waals surface area contributed by atoms with Crippen molar-refractivity contribution >= 4 is 29.5 Å². The van der Waals surface area contributed by atoms with E-state index in [4.69, 9.17) is 17.2 Å². The van der Waals surface area contributed by atoms with E-state index < -0.39 is 0 Å². The van der Waals surface area contributed by atoms with E-state index in [0.717, 1.165) is 16.8 Å². The van der Waals surface area contributed by atoms with Gasteiger partial charge in [-0.15, -0.1) is 12.4 Å². The van der Waals surface area contributed by atoms with Crippen LogP contribution in [0.2, 0.25) is 0 Å². The number of nitrogen functional groups attached to an aromatic ring is 3.